The summed E-state index contributed by atoms with van der Waals surface area (Å²) in [4.78, 5) is 26.7. The lowest BCUT2D eigenvalue weighted by molar-refractivity contribution is -0.119. The number of nitrogens with zero attached hydrogens (tertiary/aromatic N) is 4. The molecule has 1 saturated heterocycles. The van der Waals surface area contributed by atoms with Gasteiger partial charge in [0.2, 0.25) is 11.9 Å². The molecule has 0 spiro atoms. The Balaban J connectivity index is 1.65. The first-order valence-electron chi connectivity index (χ1n) is 10.1. The minimum atomic E-state index is -0.475. The third-order valence-corrected chi connectivity index (χ3v) is 6.06. The Morgan fingerprint density at radius 2 is 1.79 bits per heavy atom. The van der Waals surface area contributed by atoms with Crippen molar-refractivity contribution in [3.63, 3.8) is 0 Å². The number of carbonyl (C=O) groups is 2. The van der Waals surface area contributed by atoms with Crippen molar-refractivity contribution in [3.05, 3.63) is 0 Å². The number of urea groups is 1. The molecular formula is C19H32N6O2S. The summed E-state index contributed by atoms with van der Waals surface area (Å²) in [6.45, 7) is 11.7. The second-order valence-electron chi connectivity index (χ2n) is 9.01. The zero-order valence-corrected chi connectivity index (χ0v) is 18.3. The van der Waals surface area contributed by atoms with Crippen LogP contribution in [0.25, 0.3) is 0 Å². The second kappa shape index (κ2) is 8.31. The summed E-state index contributed by atoms with van der Waals surface area (Å²) in [5.74, 6) is 1.35. The van der Waals surface area contributed by atoms with Crippen LogP contribution in [0.15, 0.2) is 5.16 Å². The molecule has 0 bridgehead atoms. The van der Waals surface area contributed by atoms with Crippen molar-refractivity contribution in [3.8, 4) is 0 Å². The van der Waals surface area contributed by atoms with E-state index in [1.807, 2.05) is 20.8 Å². The van der Waals surface area contributed by atoms with Crippen molar-refractivity contribution in [2.45, 2.75) is 82.3 Å². The number of thioether (sulfide) groups is 1. The number of anilines is 1. The summed E-state index contributed by atoms with van der Waals surface area (Å²) < 4.78 is 2.19. The fourth-order valence-corrected chi connectivity index (χ4v) is 4.14. The highest BCUT2D eigenvalue weighted by Gasteiger charge is 2.33. The first kappa shape index (κ1) is 21.0. The number of hydrogen-bond acceptors (Lipinski definition) is 6. The van der Waals surface area contributed by atoms with Crippen LogP contribution in [-0.4, -0.2) is 50.6 Å². The number of aromatic nitrogens is 3. The molecule has 9 heteroatoms. The zero-order chi connectivity index (χ0) is 20.5. The van der Waals surface area contributed by atoms with Crippen LogP contribution in [0.1, 0.15) is 66.3 Å². The van der Waals surface area contributed by atoms with Gasteiger partial charge in [0.15, 0.2) is 5.16 Å². The van der Waals surface area contributed by atoms with Crippen molar-refractivity contribution in [1.29, 1.82) is 0 Å². The van der Waals surface area contributed by atoms with Crippen molar-refractivity contribution in [2.75, 3.05) is 18.0 Å². The summed E-state index contributed by atoms with van der Waals surface area (Å²) in [6.07, 6.45) is 4.58. The molecule has 0 aromatic carbocycles. The molecule has 1 aliphatic heterocycles. The van der Waals surface area contributed by atoms with E-state index in [0.29, 0.717) is 6.04 Å². The summed E-state index contributed by atoms with van der Waals surface area (Å²) >= 11 is 1.36. The van der Waals surface area contributed by atoms with E-state index < -0.39 is 16.8 Å². The maximum absolute atomic E-state index is 12.4. The van der Waals surface area contributed by atoms with Crippen LogP contribution in [0.5, 0.6) is 0 Å². The molecule has 1 unspecified atom stereocenters. The third-order valence-electron chi connectivity index (χ3n) is 5.00. The lowest BCUT2D eigenvalue weighted by Gasteiger charge is -2.31. The number of carbonyl (C=O) groups excluding carboxylic acids is 2. The molecule has 1 aliphatic carbocycles. The van der Waals surface area contributed by atoms with E-state index in [4.69, 9.17) is 0 Å². The summed E-state index contributed by atoms with van der Waals surface area (Å²) in [6, 6.07) is -0.0527. The molecule has 8 nitrogen and oxygen atoms in total. The van der Waals surface area contributed by atoms with E-state index in [1.54, 1.807) is 6.92 Å². The average Bonchev–Trinajstić information content (AvgIpc) is 3.34. The molecule has 2 fully saturated rings. The van der Waals surface area contributed by atoms with E-state index in [2.05, 4.69) is 37.2 Å². The number of rotatable bonds is 5. The normalized spacial score (nSPS) is 19.4. The van der Waals surface area contributed by atoms with Crippen LogP contribution in [0, 0.1) is 5.92 Å². The molecule has 2 heterocycles. The molecule has 0 radical (unpaired) electrons. The lowest BCUT2D eigenvalue weighted by Crippen LogP contribution is -2.49. The highest BCUT2D eigenvalue weighted by atomic mass is 32.2. The maximum atomic E-state index is 12.4. The Morgan fingerprint density at radius 3 is 2.36 bits per heavy atom. The fraction of sp³-hybridized carbons (Fsp3) is 0.789. The van der Waals surface area contributed by atoms with Gasteiger partial charge in [0.25, 0.3) is 0 Å². The standard InChI is InChI=1S/C19H32N6O2S/c1-12-8-10-24(11-9-12)17-22-23-18(25(17)14-6-7-14)28-13(2)15(26)20-16(27)21-19(3,4)5/h12-14H,6-11H2,1-5H3,(H2,20,21,26,27). The van der Waals surface area contributed by atoms with E-state index in [1.165, 1.54) is 24.6 Å². The molecule has 3 rings (SSSR count). The molecule has 156 valence electrons. The molecular weight excluding hydrogens is 376 g/mol. The number of piperidine rings is 1. The predicted octanol–water partition coefficient (Wildman–Crippen LogP) is 2.95. The maximum Gasteiger partial charge on any atom is 0.321 e. The average molecular weight is 409 g/mol. The Labute approximate surface area is 171 Å². The number of imide groups is 1. The molecule has 1 aromatic rings. The van der Waals surface area contributed by atoms with Crippen LogP contribution in [0.2, 0.25) is 0 Å². The van der Waals surface area contributed by atoms with Gasteiger partial charge in [0.1, 0.15) is 0 Å². The summed E-state index contributed by atoms with van der Waals surface area (Å²) in [5.41, 5.74) is -0.395. The summed E-state index contributed by atoms with van der Waals surface area (Å²) in [7, 11) is 0. The monoisotopic (exact) mass is 408 g/mol. The van der Waals surface area contributed by atoms with Gasteiger partial charge in [-0.2, -0.15) is 0 Å². The highest BCUT2D eigenvalue weighted by molar-refractivity contribution is 8.00. The quantitative estimate of drug-likeness (QED) is 0.728. The van der Waals surface area contributed by atoms with Gasteiger partial charge in [-0.1, -0.05) is 18.7 Å². The van der Waals surface area contributed by atoms with Crippen molar-refractivity contribution < 1.29 is 9.59 Å². The van der Waals surface area contributed by atoms with Crippen molar-refractivity contribution >= 4 is 29.6 Å². The van der Waals surface area contributed by atoms with Crippen LogP contribution in [-0.2, 0) is 4.79 Å². The van der Waals surface area contributed by atoms with Crippen LogP contribution >= 0.6 is 11.8 Å². The first-order valence-corrected chi connectivity index (χ1v) is 11.0. The molecule has 1 saturated carbocycles. The molecule has 1 atom stereocenters. The van der Waals surface area contributed by atoms with E-state index in [0.717, 1.165) is 43.0 Å². The van der Waals surface area contributed by atoms with Gasteiger partial charge >= 0.3 is 6.03 Å². The van der Waals surface area contributed by atoms with Gasteiger partial charge in [-0.15, -0.1) is 10.2 Å². The van der Waals surface area contributed by atoms with E-state index >= 15 is 0 Å². The number of nitrogens with one attached hydrogen (secondary N) is 2. The molecule has 2 aliphatic rings. The minimum absolute atomic E-state index is 0.328. The Kier molecular flexibility index (Phi) is 6.21. The van der Waals surface area contributed by atoms with Gasteiger partial charge in [-0.25, -0.2) is 4.79 Å². The smallest absolute Gasteiger partial charge is 0.321 e. The Morgan fingerprint density at radius 1 is 1.14 bits per heavy atom. The lowest BCUT2D eigenvalue weighted by atomic mass is 10.00. The Bertz CT molecular complexity index is 716. The SMILES string of the molecule is CC1CCN(c2nnc(SC(C)C(=O)NC(=O)NC(C)(C)C)n2C2CC2)CC1. The highest BCUT2D eigenvalue weighted by Crippen LogP contribution is 2.42. The van der Waals surface area contributed by atoms with Crippen LogP contribution in [0.4, 0.5) is 10.7 Å². The van der Waals surface area contributed by atoms with Crippen molar-refractivity contribution in [2.24, 2.45) is 5.92 Å². The van der Waals surface area contributed by atoms with Crippen LogP contribution < -0.4 is 15.5 Å². The van der Waals surface area contributed by atoms with E-state index in [-0.39, 0.29) is 5.91 Å². The molecule has 28 heavy (non-hydrogen) atoms. The third kappa shape index (κ3) is 5.40. The largest absolute Gasteiger partial charge is 0.341 e. The molecule has 3 amide bonds. The van der Waals surface area contributed by atoms with Gasteiger partial charge in [0, 0.05) is 24.7 Å². The van der Waals surface area contributed by atoms with Gasteiger partial charge in [-0.05, 0) is 59.3 Å². The molecule has 2 N–H and O–H groups in total. The molecule has 1 aromatic heterocycles. The number of hydrogen-bond donors (Lipinski definition) is 2. The fourth-order valence-electron chi connectivity index (χ4n) is 3.22. The van der Waals surface area contributed by atoms with Gasteiger partial charge < -0.3 is 10.2 Å². The summed E-state index contributed by atoms with van der Waals surface area (Å²) in [5, 5.41) is 14.3. The predicted molar refractivity (Wildman–Crippen MR) is 111 cm³/mol. The zero-order valence-electron chi connectivity index (χ0n) is 17.5. The first-order chi connectivity index (χ1) is 13.1. The van der Waals surface area contributed by atoms with E-state index in [9.17, 15) is 9.59 Å². The van der Waals surface area contributed by atoms with Crippen LogP contribution in [0.3, 0.4) is 0 Å². The number of amides is 3. The van der Waals surface area contributed by atoms with Crippen molar-refractivity contribution in [1.82, 2.24) is 25.4 Å². The van der Waals surface area contributed by atoms with Gasteiger partial charge in [0.05, 0.1) is 5.25 Å². The Hall–Kier alpha value is -1.77. The minimum Gasteiger partial charge on any atom is -0.341 e. The van der Waals surface area contributed by atoms with Gasteiger partial charge in [-0.3, -0.25) is 14.7 Å². The topological polar surface area (TPSA) is 92.2 Å². The second-order valence-corrected chi connectivity index (χ2v) is 10.3.